The first kappa shape index (κ1) is 15.3. The molecule has 0 bridgehead atoms. The van der Waals surface area contributed by atoms with Crippen molar-refractivity contribution in [3.05, 3.63) is 53.9 Å². The minimum Gasteiger partial charge on any atom is -0.497 e. The molecule has 0 saturated carbocycles. The summed E-state index contributed by atoms with van der Waals surface area (Å²) in [7, 11) is 5.73. The molecule has 2 aromatic rings. The zero-order valence-electron chi connectivity index (χ0n) is 12.9. The Kier molecular flexibility index (Phi) is 5.17. The van der Waals surface area contributed by atoms with Gasteiger partial charge in [-0.3, -0.25) is 4.79 Å². The van der Waals surface area contributed by atoms with Crippen molar-refractivity contribution in [2.24, 2.45) is 0 Å². The van der Waals surface area contributed by atoms with E-state index in [9.17, 15) is 4.79 Å². The second kappa shape index (κ2) is 7.09. The standard InChI is InChI=1S/C17H22N2O2/c1-18(2)11-5-13-19-12-4-6-16(19)17(20)14-7-9-15(21-3)10-8-14/h4,6-10,12H,5,11,13H2,1-3H3. The van der Waals surface area contributed by atoms with Gasteiger partial charge in [0.2, 0.25) is 5.78 Å². The number of aromatic nitrogens is 1. The monoisotopic (exact) mass is 286 g/mol. The number of hydrogen-bond acceptors (Lipinski definition) is 3. The molecular formula is C17H22N2O2. The topological polar surface area (TPSA) is 34.5 Å². The van der Waals surface area contributed by atoms with E-state index < -0.39 is 0 Å². The number of methoxy groups -OCH3 is 1. The Hall–Kier alpha value is -2.07. The molecular weight excluding hydrogens is 264 g/mol. The Labute approximate surface area is 125 Å². The van der Waals surface area contributed by atoms with Gasteiger partial charge < -0.3 is 14.2 Å². The van der Waals surface area contributed by atoms with E-state index in [1.165, 1.54) is 0 Å². The van der Waals surface area contributed by atoms with Gasteiger partial charge in [-0.15, -0.1) is 0 Å². The third-order valence-corrected chi connectivity index (χ3v) is 3.42. The maximum atomic E-state index is 12.6. The molecule has 0 aliphatic heterocycles. The molecule has 0 unspecified atom stereocenters. The Bertz CT molecular complexity index is 585. The molecule has 1 aromatic carbocycles. The fourth-order valence-electron chi connectivity index (χ4n) is 2.26. The van der Waals surface area contributed by atoms with Gasteiger partial charge in [-0.05, 0) is 63.5 Å². The van der Waals surface area contributed by atoms with Crippen LogP contribution in [0.5, 0.6) is 5.75 Å². The largest absolute Gasteiger partial charge is 0.497 e. The third-order valence-electron chi connectivity index (χ3n) is 3.42. The number of ketones is 1. The van der Waals surface area contributed by atoms with Gasteiger partial charge in [-0.1, -0.05) is 0 Å². The van der Waals surface area contributed by atoms with Crippen molar-refractivity contribution in [3.63, 3.8) is 0 Å². The van der Waals surface area contributed by atoms with Crippen molar-refractivity contribution in [2.75, 3.05) is 27.7 Å². The number of carbonyl (C=O) groups excluding carboxylic acids is 1. The summed E-state index contributed by atoms with van der Waals surface area (Å²) in [5.74, 6) is 0.806. The van der Waals surface area contributed by atoms with Crippen LogP contribution >= 0.6 is 0 Å². The molecule has 0 aliphatic rings. The van der Waals surface area contributed by atoms with Crippen LogP contribution in [0.15, 0.2) is 42.6 Å². The van der Waals surface area contributed by atoms with E-state index >= 15 is 0 Å². The van der Waals surface area contributed by atoms with Gasteiger partial charge in [0.15, 0.2) is 0 Å². The summed E-state index contributed by atoms with van der Waals surface area (Å²) in [4.78, 5) is 14.7. The zero-order valence-corrected chi connectivity index (χ0v) is 12.9. The number of ether oxygens (including phenoxy) is 1. The molecule has 1 aromatic heterocycles. The highest BCUT2D eigenvalue weighted by molar-refractivity contribution is 6.08. The van der Waals surface area contributed by atoms with Gasteiger partial charge in [0.1, 0.15) is 5.75 Å². The van der Waals surface area contributed by atoms with E-state index in [4.69, 9.17) is 4.74 Å². The highest BCUT2D eigenvalue weighted by atomic mass is 16.5. The SMILES string of the molecule is COc1ccc(C(=O)c2cccn2CCCN(C)C)cc1. The van der Waals surface area contributed by atoms with Crippen LogP contribution in [0.4, 0.5) is 0 Å². The van der Waals surface area contributed by atoms with Gasteiger partial charge in [-0.25, -0.2) is 0 Å². The molecule has 0 radical (unpaired) electrons. The Morgan fingerprint density at radius 1 is 1.19 bits per heavy atom. The van der Waals surface area contributed by atoms with Crippen molar-refractivity contribution in [2.45, 2.75) is 13.0 Å². The summed E-state index contributed by atoms with van der Waals surface area (Å²) in [5, 5.41) is 0. The fourth-order valence-corrected chi connectivity index (χ4v) is 2.26. The number of carbonyl (C=O) groups is 1. The van der Waals surface area contributed by atoms with E-state index in [-0.39, 0.29) is 5.78 Å². The Morgan fingerprint density at radius 2 is 1.90 bits per heavy atom. The van der Waals surface area contributed by atoms with Crippen molar-refractivity contribution in [1.82, 2.24) is 9.47 Å². The fraction of sp³-hybridized carbons (Fsp3) is 0.353. The van der Waals surface area contributed by atoms with Gasteiger partial charge >= 0.3 is 0 Å². The van der Waals surface area contributed by atoms with Crippen LogP contribution in [0, 0.1) is 0 Å². The van der Waals surface area contributed by atoms with Crippen molar-refractivity contribution in [1.29, 1.82) is 0 Å². The Morgan fingerprint density at radius 3 is 2.52 bits per heavy atom. The molecule has 112 valence electrons. The first-order chi connectivity index (χ1) is 10.1. The molecule has 0 N–H and O–H groups in total. The van der Waals surface area contributed by atoms with E-state index in [1.807, 2.05) is 35.0 Å². The number of rotatable bonds is 7. The van der Waals surface area contributed by atoms with Crippen LogP contribution in [-0.4, -0.2) is 43.0 Å². The molecule has 0 spiro atoms. The number of aryl methyl sites for hydroxylation is 1. The van der Waals surface area contributed by atoms with Gasteiger partial charge in [0, 0.05) is 18.3 Å². The summed E-state index contributed by atoms with van der Waals surface area (Å²) in [6, 6.07) is 11.0. The van der Waals surface area contributed by atoms with Crippen LogP contribution in [0.2, 0.25) is 0 Å². The lowest BCUT2D eigenvalue weighted by Gasteiger charge is -2.12. The second-order valence-corrected chi connectivity index (χ2v) is 5.30. The van der Waals surface area contributed by atoms with Crippen LogP contribution in [0.25, 0.3) is 0 Å². The highest BCUT2D eigenvalue weighted by Crippen LogP contribution is 2.16. The first-order valence-electron chi connectivity index (χ1n) is 7.10. The lowest BCUT2D eigenvalue weighted by molar-refractivity contribution is 0.103. The third kappa shape index (κ3) is 3.95. The number of nitrogens with zero attached hydrogens (tertiary/aromatic N) is 2. The van der Waals surface area contributed by atoms with Gasteiger partial charge in [0.25, 0.3) is 0 Å². The molecule has 0 saturated heterocycles. The lowest BCUT2D eigenvalue weighted by atomic mass is 10.1. The highest BCUT2D eigenvalue weighted by Gasteiger charge is 2.13. The van der Waals surface area contributed by atoms with Crippen molar-refractivity contribution < 1.29 is 9.53 Å². The predicted molar refractivity (Wildman–Crippen MR) is 84.0 cm³/mol. The van der Waals surface area contributed by atoms with Crippen LogP contribution in [-0.2, 0) is 6.54 Å². The van der Waals surface area contributed by atoms with Gasteiger partial charge in [0.05, 0.1) is 12.8 Å². The smallest absolute Gasteiger partial charge is 0.209 e. The summed E-state index contributed by atoms with van der Waals surface area (Å²) >= 11 is 0. The summed E-state index contributed by atoms with van der Waals surface area (Å²) in [5.41, 5.74) is 1.42. The average molecular weight is 286 g/mol. The molecule has 4 heteroatoms. The maximum Gasteiger partial charge on any atom is 0.209 e. The molecule has 21 heavy (non-hydrogen) atoms. The van der Waals surface area contributed by atoms with Gasteiger partial charge in [-0.2, -0.15) is 0 Å². The van der Waals surface area contributed by atoms with Crippen LogP contribution in [0.3, 0.4) is 0 Å². The minimum atomic E-state index is 0.0486. The molecule has 0 fully saturated rings. The van der Waals surface area contributed by atoms with E-state index in [0.29, 0.717) is 5.56 Å². The quantitative estimate of drug-likeness (QED) is 0.734. The Balaban J connectivity index is 2.10. The zero-order chi connectivity index (χ0) is 15.2. The number of hydrogen-bond donors (Lipinski definition) is 0. The van der Waals surface area contributed by atoms with Crippen molar-refractivity contribution >= 4 is 5.78 Å². The van der Waals surface area contributed by atoms with Crippen LogP contribution in [0.1, 0.15) is 22.5 Å². The summed E-state index contributed by atoms with van der Waals surface area (Å²) in [6.45, 7) is 1.86. The van der Waals surface area contributed by atoms with E-state index in [2.05, 4.69) is 19.0 Å². The number of benzene rings is 1. The minimum absolute atomic E-state index is 0.0486. The first-order valence-corrected chi connectivity index (χ1v) is 7.10. The molecule has 0 aliphatic carbocycles. The molecule has 4 nitrogen and oxygen atoms in total. The normalized spacial score (nSPS) is 10.9. The van der Waals surface area contributed by atoms with E-state index in [1.54, 1.807) is 19.2 Å². The van der Waals surface area contributed by atoms with E-state index in [0.717, 1.165) is 31.0 Å². The summed E-state index contributed by atoms with van der Waals surface area (Å²) < 4.78 is 7.14. The maximum absolute atomic E-state index is 12.6. The lowest BCUT2D eigenvalue weighted by Crippen LogP contribution is -2.16. The molecule has 0 atom stereocenters. The second-order valence-electron chi connectivity index (χ2n) is 5.30. The summed E-state index contributed by atoms with van der Waals surface area (Å²) in [6.07, 6.45) is 2.98. The molecule has 0 amide bonds. The van der Waals surface area contributed by atoms with Crippen LogP contribution < -0.4 is 4.74 Å². The van der Waals surface area contributed by atoms with Crippen molar-refractivity contribution in [3.8, 4) is 5.75 Å². The predicted octanol–water partition coefficient (Wildman–Crippen LogP) is 2.68. The molecule has 1 heterocycles. The average Bonchev–Trinajstić information content (AvgIpc) is 2.94. The molecule has 2 rings (SSSR count).